The largest absolute Gasteiger partial charge is 0.490 e. The number of rotatable bonds is 9. The Hall–Kier alpha value is -1.59. The van der Waals surface area contributed by atoms with Crippen molar-refractivity contribution in [3.8, 4) is 5.75 Å². The zero-order chi connectivity index (χ0) is 19.1. The fourth-order valence-corrected chi connectivity index (χ4v) is 3.67. The molecule has 1 aliphatic rings. The van der Waals surface area contributed by atoms with Gasteiger partial charge in [0.25, 0.3) is 0 Å². The van der Waals surface area contributed by atoms with Gasteiger partial charge in [0.05, 0.1) is 0 Å². The van der Waals surface area contributed by atoms with E-state index in [4.69, 9.17) is 16.3 Å². The summed E-state index contributed by atoms with van der Waals surface area (Å²) in [5, 5.41) is 7.56. The van der Waals surface area contributed by atoms with Crippen LogP contribution < -0.4 is 15.4 Å². The Morgan fingerprint density at radius 3 is 2.78 bits per heavy atom. The van der Waals surface area contributed by atoms with Gasteiger partial charge in [0.2, 0.25) is 0 Å². The molecule has 1 aliphatic heterocycles. The van der Waals surface area contributed by atoms with Gasteiger partial charge in [-0.25, -0.2) is 0 Å². The molecule has 0 atom stereocenters. The lowest BCUT2D eigenvalue weighted by Crippen LogP contribution is -2.47. The summed E-state index contributed by atoms with van der Waals surface area (Å²) in [5.41, 5.74) is 3.38. The monoisotopic (exact) mass is 446 g/mol. The topological polar surface area (TPSA) is 33.3 Å². The summed E-state index contributed by atoms with van der Waals surface area (Å²) in [4.78, 5) is 0. The molecular formula is C22H24BrClN2O. The van der Waals surface area contributed by atoms with Gasteiger partial charge in [0.15, 0.2) is 0 Å². The van der Waals surface area contributed by atoms with Crippen LogP contribution in [0.1, 0.15) is 16.7 Å². The molecule has 0 spiro atoms. The highest BCUT2D eigenvalue weighted by Gasteiger charge is 2.15. The van der Waals surface area contributed by atoms with Gasteiger partial charge in [-0.15, -0.1) is 0 Å². The fraction of sp³-hybridized carbons (Fsp3) is 0.273. The quantitative estimate of drug-likeness (QED) is 0.412. The van der Waals surface area contributed by atoms with E-state index in [9.17, 15) is 0 Å². The molecule has 0 unspecified atom stereocenters. The van der Waals surface area contributed by atoms with Gasteiger partial charge < -0.3 is 15.4 Å². The first-order chi connectivity index (χ1) is 13.1. The molecule has 2 aromatic carbocycles. The van der Waals surface area contributed by atoms with Gasteiger partial charge in [-0.3, -0.25) is 0 Å². The fourth-order valence-electron chi connectivity index (χ4n) is 2.86. The zero-order valence-corrected chi connectivity index (χ0v) is 17.5. The molecule has 1 heterocycles. The van der Waals surface area contributed by atoms with Crippen LogP contribution >= 0.6 is 27.5 Å². The van der Waals surface area contributed by atoms with Crippen molar-refractivity contribution < 1.29 is 4.74 Å². The number of nitrogens with one attached hydrogen (secondary N) is 2. The highest BCUT2D eigenvalue weighted by atomic mass is 79.9. The van der Waals surface area contributed by atoms with Crippen molar-refractivity contribution in [2.24, 2.45) is 5.92 Å². The zero-order valence-electron chi connectivity index (χ0n) is 15.2. The lowest BCUT2D eigenvalue weighted by molar-refractivity contribution is 0.331. The van der Waals surface area contributed by atoms with Gasteiger partial charge in [0.1, 0.15) is 12.4 Å². The highest BCUT2D eigenvalue weighted by Crippen LogP contribution is 2.25. The van der Waals surface area contributed by atoms with Crippen LogP contribution in [-0.4, -0.2) is 26.2 Å². The maximum atomic E-state index is 6.02. The van der Waals surface area contributed by atoms with Crippen molar-refractivity contribution in [2.75, 3.05) is 26.2 Å². The summed E-state index contributed by atoms with van der Waals surface area (Å²) in [6.07, 6.45) is 5.92. The molecule has 142 valence electrons. The van der Waals surface area contributed by atoms with Gasteiger partial charge in [-0.1, -0.05) is 64.5 Å². The number of benzene rings is 2. The van der Waals surface area contributed by atoms with Gasteiger partial charge in [-0.2, -0.15) is 0 Å². The van der Waals surface area contributed by atoms with E-state index in [2.05, 4.69) is 57.4 Å². The van der Waals surface area contributed by atoms with E-state index in [1.807, 2.05) is 24.3 Å². The molecular weight excluding hydrogens is 424 g/mol. The van der Waals surface area contributed by atoms with Gasteiger partial charge in [0, 0.05) is 35.7 Å². The average Bonchev–Trinajstić information content (AvgIpc) is 2.61. The standard InChI is InChI=1S/C22H24BrClN2O/c1-2-7-27-21-9-16(3-4-19-5-6-20(24)11-22(19)23)8-17(10-21)12-25-13-18-14-26-15-18/h2-6,8-11,18,25-26H,1,7,12-15H2/b4-3+. The molecule has 0 bridgehead atoms. The molecule has 3 rings (SSSR count). The predicted molar refractivity (Wildman–Crippen MR) is 118 cm³/mol. The Balaban J connectivity index is 1.73. The molecule has 3 nitrogen and oxygen atoms in total. The molecule has 0 saturated carbocycles. The van der Waals surface area contributed by atoms with Crippen LogP contribution in [0.2, 0.25) is 5.02 Å². The molecule has 27 heavy (non-hydrogen) atoms. The van der Waals surface area contributed by atoms with Crippen molar-refractivity contribution >= 4 is 39.7 Å². The normalized spacial score (nSPS) is 14.3. The summed E-state index contributed by atoms with van der Waals surface area (Å²) >= 11 is 9.58. The second-order valence-corrected chi connectivity index (χ2v) is 7.96. The first-order valence-corrected chi connectivity index (χ1v) is 10.2. The van der Waals surface area contributed by atoms with E-state index in [1.165, 1.54) is 5.56 Å². The second kappa shape index (κ2) is 10.1. The summed E-state index contributed by atoms with van der Waals surface area (Å²) in [6, 6.07) is 12.1. The van der Waals surface area contributed by atoms with Crippen LogP contribution in [-0.2, 0) is 6.54 Å². The minimum Gasteiger partial charge on any atom is -0.490 e. The van der Waals surface area contributed by atoms with Crippen molar-refractivity contribution in [3.63, 3.8) is 0 Å². The Labute approximate surface area is 174 Å². The van der Waals surface area contributed by atoms with Crippen LogP contribution in [0.5, 0.6) is 5.75 Å². The predicted octanol–water partition coefficient (Wildman–Crippen LogP) is 5.15. The molecule has 1 fully saturated rings. The summed E-state index contributed by atoms with van der Waals surface area (Å²) in [7, 11) is 0. The molecule has 0 aromatic heterocycles. The molecule has 1 saturated heterocycles. The lowest BCUT2D eigenvalue weighted by Gasteiger charge is -2.27. The van der Waals surface area contributed by atoms with Crippen LogP contribution in [0.25, 0.3) is 12.2 Å². The number of hydrogen-bond acceptors (Lipinski definition) is 3. The van der Waals surface area contributed by atoms with Crippen LogP contribution in [0.15, 0.2) is 53.5 Å². The SMILES string of the molecule is C=CCOc1cc(/C=C/c2ccc(Cl)cc2Br)cc(CNCC2CNC2)c1. The van der Waals surface area contributed by atoms with Crippen molar-refractivity contribution in [1.29, 1.82) is 0 Å². The third-order valence-corrected chi connectivity index (χ3v) is 5.32. The molecule has 0 radical (unpaired) electrons. The van der Waals surface area contributed by atoms with E-state index in [0.717, 1.165) is 53.4 Å². The minimum atomic E-state index is 0.497. The molecule has 0 amide bonds. The van der Waals surface area contributed by atoms with Gasteiger partial charge in [-0.05, 0) is 46.9 Å². The molecule has 0 aliphatic carbocycles. The number of hydrogen-bond donors (Lipinski definition) is 2. The Morgan fingerprint density at radius 2 is 2.07 bits per heavy atom. The summed E-state index contributed by atoms with van der Waals surface area (Å²) in [6.45, 7) is 8.30. The Morgan fingerprint density at radius 1 is 1.22 bits per heavy atom. The lowest BCUT2D eigenvalue weighted by atomic mass is 10.0. The highest BCUT2D eigenvalue weighted by molar-refractivity contribution is 9.10. The molecule has 2 N–H and O–H groups in total. The first kappa shape index (κ1) is 20.2. The summed E-state index contributed by atoms with van der Waals surface area (Å²) < 4.78 is 6.74. The van der Waals surface area contributed by atoms with Crippen molar-refractivity contribution in [3.05, 3.63) is 75.2 Å². The van der Waals surface area contributed by atoms with E-state index in [0.29, 0.717) is 11.6 Å². The maximum Gasteiger partial charge on any atom is 0.120 e. The Kier molecular flexibility index (Phi) is 7.53. The van der Waals surface area contributed by atoms with Crippen molar-refractivity contribution in [1.82, 2.24) is 10.6 Å². The van der Waals surface area contributed by atoms with Crippen LogP contribution in [0.3, 0.4) is 0 Å². The average molecular weight is 448 g/mol. The molecule has 5 heteroatoms. The van der Waals surface area contributed by atoms with Crippen LogP contribution in [0.4, 0.5) is 0 Å². The van der Waals surface area contributed by atoms with Crippen LogP contribution in [0, 0.1) is 5.92 Å². The number of ether oxygens (including phenoxy) is 1. The second-order valence-electron chi connectivity index (χ2n) is 6.66. The third-order valence-electron chi connectivity index (χ3n) is 4.40. The Bertz CT molecular complexity index is 818. The van der Waals surface area contributed by atoms with E-state index in [1.54, 1.807) is 6.08 Å². The summed E-state index contributed by atoms with van der Waals surface area (Å²) in [5.74, 6) is 1.60. The third kappa shape index (κ3) is 6.22. The smallest absolute Gasteiger partial charge is 0.120 e. The number of halogens is 2. The first-order valence-electron chi connectivity index (χ1n) is 9.06. The minimum absolute atomic E-state index is 0.497. The van der Waals surface area contributed by atoms with Gasteiger partial charge >= 0.3 is 0 Å². The van der Waals surface area contributed by atoms with E-state index < -0.39 is 0 Å². The van der Waals surface area contributed by atoms with E-state index in [-0.39, 0.29) is 0 Å². The van der Waals surface area contributed by atoms with Crippen molar-refractivity contribution in [2.45, 2.75) is 6.54 Å². The maximum absolute atomic E-state index is 6.02. The molecule has 2 aromatic rings. The van der Waals surface area contributed by atoms with E-state index >= 15 is 0 Å².